The first-order valence-electron chi connectivity index (χ1n) is 10.0. The summed E-state index contributed by atoms with van der Waals surface area (Å²) >= 11 is 0. The fraction of sp³-hybridized carbons (Fsp3) is 0.167. The van der Waals surface area contributed by atoms with Crippen LogP contribution >= 0.6 is 0 Å². The molecular formula is C24H21BO6. The molecule has 1 fully saturated rings. The lowest BCUT2D eigenvalue weighted by atomic mass is 9.79. The van der Waals surface area contributed by atoms with E-state index < -0.39 is 31.3 Å². The number of hydrogen-bond donors (Lipinski definition) is 0. The summed E-state index contributed by atoms with van der Waals surface area (Å²) in [5.74, 6) is -0.903. The van der Waals surface area contributed by atoms with Crippen molar-refractivity contribution in [3.05, 3.63) is 102 Å². The van der Waals surface area contributed by atoms with Gasteiger partial charge in [-0.15, -0.1) is 0 Å². The van der Waals surface area contributed by atoms with Gasteiger partial charge in [-0.1, -0.05) is 66.7 Å². The summed E-state index contributed by atoms with van der Waals surface area (Å²) in [4.78, 5) is 24.6. The van der Waals surface area contributed by atoms with Crippen LogP contribution < -0.4 is 5.46 Å². The van der Waals surface area contributed by atoms with Gasteiger partial charge in [-0.3, -0.25) is 0 Å². The van der Waals surface area contributed by atoms with Crippen molar-refractivity contribution in [1.82, 2.24) is 0 Å². The van der Waals surface area contributed by atoms with Crippen LogP contribution in [0, 0.1) is 0 Å². The van der Waals surface area contributed by atoms with E-state index in [9.17, 15) is 9.59 Å². The summed E-state index contributed by atoms with van der Waals surface area (Å²) in [6.45, 7) is -0.0464. The fourth-order valence-electron chi connectivity index (χ4n) is 3.22. The van der Waals surface area contributed by atoms with Gasteiger partial charge < -0.3 is 18.8 Å². The molecule has 1 saturated heterocycles. The highest BCUT2D eigenvalue weighted by atomic mass is 16.7. The number of ether oxygens (including phenoxy) is 2. The normalized spacial score (nSPS) is 17.9. The molecule has 7 heteroatoms. The van der Waals surface area contributed by atoms with Crippen LogP contribution in [0.4, 0.5) is 0 Å². The van der Waals surface area contributed by atoms with Crippen LogP contribution in [0.2, 0.25) is 0 Å². The van der Waals surface area contributed by atoms with Gasteiger partial charge in [-0.25, -0.2) is 9.59 Å². The number of hydrogen-bond acceptors (Lipinski definition) is 6. The third-order valence-corrected chi connectivity index (χ3v) is 4.86. The van der Waals surface area contributed by atoms with E-state index in [0.717, 1.165) is 5.46 Å². The molecule has 0 radical (unpaired) electrons. The van der Waals surface area contributed by atoms with Crippen molar-refractivity contribution in [1.29, 1.82) is 0 Å². The highest BCUT2D eigenvalue weighted by molar-refractivity contribution is 6.61. The number of benzene rings is 3. The standard InChI is InChI=1S/C24H21BO6/c26-23(18-10-4-1-5-11-18)28-16-21-22(17-29-24(27)19-12-6-2-7-13-19)31-25(30-21)20-14-8-3-9-15-20/h1-15,21-22H,16-17H2. The maximum Gasteiger partial charge on any atom is 0.494 e. The molecular weight excluding hydrogens is 395 g/mol. The Morgan fingerprint density at radius 1 is 0.645 bits per heavy atom. The van der Waals surface area contributed by atoms with Crippen molar-refractivity contribution in [3.8, 4) is 0 Å². The van der Waals surface area contributed by atoms with Gasteiger partial charge >= 0.3 is 19.1 Å². The summed E-state index contributed by atoms with van der Waals surface area (Å²) < 4.78 is 22.9. The van der Waals surface area contributed by atoms with Crippen LogP contribution in [0.3, 0.4) is 0 Å². The molecule has 1 aliphatic heterocycles. The highest BCUT2D eigenvalue weighted by Crippen LogP contribution is 2.19. The number of carbonyl (C=O) groups is 2. The zero-order chi connectivity index (χ0) is 21.5. The molecule has 0 aromatic heterocycles. The molecule has 4 rings (SSSR count). The molecule has 0 spiro atoms. The van der Waals surface area contributed by atoms with E-state index in [1.807, 2.05) is 42.5 Å². The third kappa shape index (κ3) is 5.39. The maximum absolute atomic E-state index is 12.3. The van der Waals surface area contributed by atoms with Crippen molar-refractivity contribution in [3.63, 3.8) is 0 Å². The Bertz CT molecular complexity index is 933. The van der Waals surface area contributed by atoms with E-state index in [2.05, 4.69) is 0 Å². The van der Waals surface area contributed by atoms with Crippen molar-refractivity contribution >= 4 is 24.5 Å². The zero-order valence-electron chi connectivity index (χ0n) is 16.8. The average molecular weight is 416 g/mol. The van der Waals surface area contributed by atoms with Crippen LogP contribution in [-0.4, -0.2) is 44.5 Å². The lowest BCUT2D eigenvalue weighted by Crippen LogP contribution is -2.33. The smallest absolute Gasteiger partial charge is 0.459 e. The molecule has 6 nitrogen and oxygen atoms in total. The second-order valence-corrected chi connectivity index (χ2v) is 7.02. The topological polar surface area (TPSA) is 71.1 Å². The molecule has 1 heterocycles. The Hall–Kier alpha value is -3.42. The molecule has 0 saturated carbocycles. The van der Waals surface area contributed by atoms with Gasteiger partial charge in [0.2, 0.25) is 0 Å². The molecule has 2 unspecified atom stereocenters. The second kappa shape index (κ2) is 10.1. The van der Waals surface area contributed by atoms with Crippen LogP contribution in [0.5, 0.6) is 0 Å². The number of esters is 2. The fourth-order valence-corrected chi connectivity index (χ4v) is 3.22. The average Bonchev–Trinajstić information content (AvgIpc) is 3.25. The van der Waals surface area contributed by atoms with E-state index in [1.54, 1.807) is 48.5 Å². The van der Waals surface area contributed by atoms with Gasteiger partial charge in [0, 0.05) is 0 Å². The SMILES string of the molecule is O=C(OCC1OB(c2ccccc2)OC1COC(=O)c1ccccc1)c1ccccc1. The van der Waals surface area contributed by atoms with Crippen molar-refractivity contribution in [2.75, 3.05) is 13.2 Å². The van der Waals surface area contributed by atoms with Gasteiger partial charge in [0.15, 0.2) is 0 Å². The Morgan fingerprint density at radius 3 is 1.45 bits per heavy atom. The Kier molecular flexibility index (Phi) is 6.77. The highest BCUT2D eigenvalue weighted by Gasteiger charge is 2.42. The van der Waals surface area contributed by atoms with Crippen LogP contribution in [0.25, 0.3) is 0 Å². The lowest BCUT2D eigenvalue weighted by molar-refractivity contribution is 0.00330. The summed E-state index contributed by atoms with van der Waals surface area (Å²) in [6, 6.07) is 26.9. The summed E-state index contributed by atoms with van der Waals surface area (Å²) in [6.07, 6.45) is -1.16. The van der Waals surface area contributed by atoms with E-state index in [0.29, 0.717) is 11.1 Å². The predicted octanol–water partition coefficient (Wildman–Crippen LogP) is 2.88. The van der Waals surface area contributed by atoms with Crippen molar-refractivity contribution in [2.24, 2.45) is 0 Å². The van der Waals surface area contributed by atoms with E-state index in [-0.39, 0.29) is 13.2 Å². The third-order valence-electron chi connectivity index (χ3n) is 4.86. The van der Waals surface area contributed by atoms with Crippen LogP contribution in [-0.2, 0) is 18.8 Å². The first-order valence-corrected chi connectivity index (χ1v) is 10.0. The summed E-state index contributed by atoms with van der Waals surface area (Å²) in [5.41, 5.74) is 1.74. The summed E-state index contributed by atoms with van der Waals surface area (Å²) in [5, 5.41) is 0. The predicted molar refractivity (Wildman–Crippen MR) is 115 cm³/mol. The molecule has 2 atom stereocenters. The maximum atomic E-state index is 12.3. The van der Waals surface area contributed by atoms with E-state index >= 15 is 0 Å². The zero-order valence-corrected chi connectivity index (χ0v) is 16.8. The number of carbonyl (C=O) groups excluding carboxylic acids is 2. The van der Waals surface area contributed by atoms with E-state index in [1.165, 1.54) is 0 Å². The molecule has 0 N–H and O–H groups in total. The van der Waals surface area contributed by atoms with Crippen molar-refractivity contribution in [2.45, 2.75) is 12.2 Å². The minimum atomic E-state index is -0.637. The molecule has 3 aromatic carbocycles. The first-order chi connectivity index (χ1) is 15.2. The van der Waals surface area contributed by atoms with E-state index in [4.69, 9.17) is 18.8 Å². The molecule has 156 valence electrons. The van der Waals surface area contributed by atoms with Gasteiger partial charge in [0.1, 0.15) is 25.4 Å². The Balaban J connectivity index is 1.41. The molecule has 3 aromatic rings. The molecule has 1 aliphatic rings. The Labute approximate surface area is 180 Å². The minimum absolute atomic E-state index is 0.0232. The lowest BCUT2D eigenvalue weighted by Gasteiger charge is -2.18. The van der Waals surface area contributed by atoms with Crippen LogP contribution in [0.15, 0.2) is 91.0 Å². The van der Waals surface area contributed by atoms with Gasteiger partial charge in [0.25, 0.3) is 0 Å². The second-order valence-electron chi connectivity index (χ2n) is 7.02. The largest absolute Gasteiger partial charge is 0.494 e. The number of rotatable bonds is 7. The molecule has 0 amide bonds. The van der Waals surface area contributed by atoms with Gasteiger partial charge in [0.05, 0.1) is 11.1 Å². The summed E-state index contributed by atoms with van der Waals surface area (Å²) in [7, 11) is -0.637. The molecule has 0 bridgehead atoms. The Morgan fingerprint density at radius 2 is 1.03 bits per heavy atom. The first kappa shape index (κ1) is 20.8. The monoisotopic (exact) mass is 416 g/mol. The molecule has 31 heavy (non-hydrogen) atoms. The van der Waals surface area contributed by atoms with Crippen molar-refractivity contribution < 1.29 is 28.4 Å². The minimum Gasteiger partial charge on any atom is -0.459 e. The molecule has 0 aliphatic carbocycles. The van der Waals surface area contributed by atoms with Gasteiger partial charge in [-0.05, 0) is 29.7 Å². The quantitative estimate of drug-likeness (QED) is 0.436. The van der Waals surface area contributed by atoms with Crippen LogP contribution in [0.1, 0.15) is 20.7 Å². The van der Waals surface area contributed by atoms with Gasteiger partial charge in [-0.2, -0.15) is 0 Å².